The van der Waals surface area contributed by atoms with Crippen LogP contribution in [0.15, 0.2) is 91.5 Å². The fraction of sp³-hybridized carbons (Fsp3) is 0.212. The van der Waals surface area contributed by atoms with Gasteiger partial charge in [0.05, 0.1) is 23.7 Å². The molecule has 1 saturated heterocycles. The average molecular weight is 601 g/mol. The Kier molecular flexibility index (Phi) is 8.09. The number of aliphatic hydroxyl groups is 1. The minimum absolute atomic E-state index is 0.313. The summed E-state index contributed by atoms with van der Waals surface area (Å²) in [6.45, 7) is 3.10. The number of nitrogens with zero attached hydrogens (tertiary/aromatic N) is 8. The van der Waals surface area contributed by atoms with E-state index in [2.05, 4.69) is 36.8 Å². The predicted octanol–water partition coefficient (Wildman–Crippen LogP) is 4.90. The Bertz CT molecular complexity index is 1830. The SMILES string of the molecule is Cn1cc(-c2ccc(N(C(=O)NCc3ccccc3)c3ccc(Nc4ncc(C#N)c(N5CCC(C)(O)C5)n4)cc3)nc2)cn1. The zero-order valence-electron chi connectivity index (χ0n) is 24.9. The average Bonchev–Trinajstić information content (AvgIpc) is 3.66. The third-order valence-electron chi connectivity index (χ3n) is 7.53. The van der Waals surface area contributed by atoms with Gasteiger partial charge in [0.2, 0.25) is 5.95 Å². The lowest BCUT2D eigenvalue weighted by Gasteiger charge is -2.23. The van der Waals surface area contributed by atoms with Crippen LogP contribution in [0.5, 0.6) is 0 Å². The third kappa shape index (κ3) is 6.74. The van der Waals surface area contributed by atoms with Crippen molar-refractivity contribution in [2.75, 3.05) is 28.2 Å². The first-order chi connectivity index (χ1) is 21.8. The minimum Gasteiger partial charge on any atom is -0.388 e. The number of hydrogen-bond acceptors (Lipinski definition) is 9. The molecule has 12 heteroatoms. The van der Waals surface area contributed by atoms with Gasteiger partial charge in [0.25, 0.3) is 0 Å². The van der Waals surface area contributed by atoms with E-state index < -0.39 is 5.60 Å². The standard InChI is InChI=1S/C33H32N10O2/c1-33(45)14-15-42(22-33)30-25(16-34)19-36-31(40-30)39-27-9-11-28(12-10-27)43(32(44)37-17-23-6-4-3-5-7-23)29-13-8-24(18-35-29)26-20-38-41(2)21-26/h3-13,18-21,45H,14-15,17,22H2,1-2H3,(H,37,44)(H,36,39,40). The second-order valence-corrected chi connectivity index (χ2v) is 11.2. The first-order valence-electron chi connectivity index (χ1n) is 14.5. The Morgan fingerprint density at radius 3 is 2.49 bits per heavy atom. The molecule has 0 spiro atoms. The number of nitrogens with one attached hydrogen (secondary N) is 2. The number of hydrogen-bond donors (Lipinski definition) is 3. The number of benzene rings is 2. The van der Waals surface area contributed by atoms with E-state index >= 15 is 0 Å². The fourth-order valence-electron chi connectivity index (χ4n) is 5.17. The van der Waals surface area contributed by atoms with E-state index in [1.807, 2.05) is 78.8 Å². The summed E-state index contributed by atoms with van der Waals surface area (Å²) in [5, 5.41) is 30.4. The van der Waals surface area contributed by atoms with Crippen molar-refractivity contribution >= 4 is 35.0 Å². The number of aromatic nitrogens is 5. The molecule has 3 N–H and O–H groups in total. The normalized spacial score (nSPS) is 15.8. The van der Waals surface area contributed by atoms with Crippen LogP contribution in [0.2, 0.25) is 0 Å². The van der Waals surface area contributed by atoms with Crippen molar-refractivity contribution in [3.8, 4) is 17.2 Å². The molecule has 1 atom stereocenters. The van der Waals surface area contributed by atoms with Gasteiger partial charge in [-0.05, 0) is 55.3 Å². The number of amides is 2. The molecule has 0 aliphatic carbocycles. The molecule has 45 heavy (non-hydrogen) atoms. The highest BCUT2D eigenvalue weighted by atomic mass is 16.3. The van der Waals surface area contributed by atoms with E-state index in [4.69, 9.17) is 0 Å². The number of urea groups is 1. The first kappa shape index (κ1) is 29.3. The zero-order chi connectivity index (χ0) is 31.4. The van der Waals surface area contributed by atoms with Crippen molar-refractivity contribution in [3.05, 3.63) is 103 Å². The lowest BCUT2D eigenvalue weighted by molar-refractivity contribution is 0.0839. The van der Waals surface area contributed by atoms with Crippen LogP contribution in [-0.4, -0.2) is 54.6 Å². The second kappa shape index (κ2) is 12.4. The van der Waals surface area contributed by atoms with E-state index in [0.717, 1.165) is 16.7 Å². The highest BCUT2D eigenvalue weighted by Crippen LogP contribution is 2.30. The molecule has 4 heterocycles. The molecule has 12 nitrogen and oxygen atoms in total. The van der Waals surface area contributed by atoms with E-state index in [9.17, 15) is 15.2 Å². The summed E-state index contributed by atoms with van der Waals surface area (Å²) in [5.74, 6) is 1.25. The lowest BCUT2D eigenvalue weighted by Crippen LogP contribution is -2.37. The monoisotopic (exact) mass is 600 g/mol. The van der Waals surface area contributed by atoms with Crippen LogP contribution in [0.25, 0.3) is 11.1 Å². The lowest BCUT2D eigenvalue weighted by atomic mass is 10.1. The Morgan fingerprint density at radius 2 is 1.84 bits per heavy atom. The Hall–Kier alpha value is -5.80. The van der Waals surface area contributed by atoms with Gasteiger partial charge in [-0.2, -0.15) is 15.3 Å². The number of pyridine rings is 1. The van der Waals surface area contributed by atoms with Gasteiger partial charge < -0.3 is 20.6 Å². The number of aryl methyl sites for hydroxylation is 1. The predicted molar refractivity (Wildman–Crippen MR) is 171 cm³/mol. The van der Waals surface area contributed by atoms with Crippen molar-refractivity contribution in [2.45, 2.75) is 25.5 Å². The molecular formula is C33H32N10O2. The number of carbonyl (C=O) groups is 1. The molecule has 3 aromatic heterocycles. The van der Waals surface area contributed by atoms with Crippen LogP contribution in [0, 0.1) is 11.3 Å². The van der Waals surface area contributed by atoms with Crippen LogP contribution in [0.1, 0.15) is 24.5 Å². The van der Waals surface area contributed by atoms with Crippen molar-refractivity contribution in [3.63, 3.8) is 0 Å². The van der Waals surface area contributed by atoms with Gasteiger partial charge >= 0.3 is 6.03 Å². The Balaban J connectivity index is 1.24. The molecule has 1 unspecified atom stereocenters. The van der Waals surface area contributed by atoms with Gasteiger partial charge in [0, 0.05) is 55.9 Å². The molecular weight excluding hydrogens is 568 g/mol. The largest absolute Gasteiger partial charge is 0.388 e. The van der Waals surface area contributed by atoms with Gasteiger partial charge in [-0.15, -0.1) is 0 Å². The molecule has 0 saturated carbocycles. The smallest absolute Gasteiger partial charge is 0.327 e. The number of anilines is 5. The Morgan fingerprint density at radius 1 is 1.04 bits per heavy atom. The molecule has 0 radical (unpaired) electrons. The number of carbonyl (C=O) groups excluding carboxylic acids is 1. The molecule has 226 valence electrons. The molecule has 1 aliphatic rings. The summed E-state index contributed by atoms with van der Waals surface area (Å²) in [4.78, 5) is 30.5. The molecule has 0 bridgehead atoms. The maximum absolute atomic E-state index is 13.6. The van der Waals surface area contributed by atoms with Crippen molar-refractivity contribution in [1.29, 1.82) is 5.26 Å². The maximum atomic E-state index is 13.6. The van der Waals surface area contributed by atoms with Gasteiger partial charge in [-0.1, -0.05) is 30.3 Å². The molecule has 2 aromatic carbocycles. The number of β-amino-alcohol motifs (C(OH)–C–C–N with tert-alkyl or cyclic N) is 1. The quantitative estimate of drug-likeness (QED) is 0.226. The van der Waals surface area contributed by atoms with E-state index in [1.165, 1.54) is 11.1 Å². The zero-order valence-corrected chi connectivity index (χ0v) is 24.9. The molecule has 1 aliphatic heterocycles. The Labute approximate surface area is 260 Å². The van der Waals surface area contributed by atoms with Gasteiger partial charge in [-0.25, -0.2) is 19.7 Å². The van der Waals surface area contributed by atoms with Crippen LogP contribution in [0.4, 0.5) is 33.8 Å². The fourth-order valence-corrected chi connectivity index (χ4v) is 5.17. The highest BCUT2D eigenvalue weighted by molar-refractivity contribution is 5.98. The highest BCUT2D eigenvalue weighted by Gasteiger charge is 2.33. The van der Waals surface area contributed by atoms with Gasteiger partial charge in [0.15, 0.2) is 5.82 Å². The summed E-state index contributed by atoms with van der Waals surface area (Å²) in [7, 11) is 1.86. The number of nitriles is 1. The summed E-state index contributed by atoms with van der Waals surface area (Å²) >= 11 is 0. The summed E-state index contributed by atoms with van der Waals surface area (Å²) in [6.07, 6.45) is 7.46. The van der Waals surface area contributed by atoms with E-state index in [1.54, 1.807) is 30.1 Å². The number of rotatable bonds is 8. The van der Waals surface area contributed by atoms with Crippen LogP contribution < -0.4 is 20.4 Å². The first-order valence-corrected chi connectivity index (χ1v) is 14.5. The van der Waals surface area contributed by atoms with Gasteiger partial charge in [-0.3, -0.25) is 4.68 Å². The molecule has 6 rings (SSSR count). The molecule has 2 amide bonds. The second-order valence-electron chi connectivity index (χ2n) is 11.2. The van der Waals surface area contributed by atoms with Crippen LogP contribution in [-0.2, 0) is 13.6 Å². The van der Waals surface area contributed by atoms with Crippen molar-refractivity contribution < 1.29 is 9.90 Å². The van der Waals surface area contributed by atoms with Crippen molar-refractivity contribution in [2.24, 2.45) is 7.05 Å². The van der Waals surface area contributed by atoms with Crippen LogP contribution in [0.3, 0.4) is 0 Å². The third-order valence-corrected chi connectivity index (χ3v) is 7.53. The summed E-state index contributed by atoms with van der Waals surface area (Å²) in [5.41, 5.74) is 3.58. The topological polar surface area (TPSA) is 148 Å². The van der Waals surface area contributed by atoms with Crippen LogP contribution >= 0.6 is 0 Å². The maximum Gasteiger partial charge on any atom is 0.327 e. The van der Waals surface area contributed by atoms with E-state index in [-0.39, 0.29) is 6.03 Å². The summed E-state index contributed by atoms with van der Waals surface area (Å²) < 4.78 is 1.73. The minimum atomic E-state index is -0.839. The van der Waals surface area contributed by atoms with Crippen molar-refractivity contribution in [1.82, 2.24) is 30.0 Å². The van der Waals surface area contributed by atoms with Gasteiger partial charge in [0.1, 0.15) is 17.5 Å². The van der Waals surface area contributed by atoms with E-state index in [0.29, 0.717) is 60.6 Å². The molecule has 5 aromatic rings. The summed E-state index contributed by atoms with van der Waals surface area (Å²) in [6, 6.07) is 22.5. The molecule has 1 fully saturated rings.